The fourth-order valence-corrected chi connectivity index (χ4v) is 1.32. The zero-order valence-corrected chi connectivity index (χ0v) is 7.34. The van der Waals surface area contributed by atoms with Gasteiger partial charge in [-0.1, -0.05) is 0 Å². The molecule has 0 spiro atoms. The van der Waals surface area contributed by atoms with Gasteiger partial charge in [0, 0.05) is 26.2 Å². The van der Waals surface area contributed by atoms with E-state index in [1.807, 2.05) is 0 Å². The van der Waals surface area contributed by atoms with Gasteiger partial charge in [0.25, 0.3) is 0 Å². The highest BCUT2D eigenvalue weighted by Crippen LogP contribution is 1.97. The molecule has 1 fully saturated rings. The first-order chi connectivity index (χ1) is 5.18. The second-order valence-electron chi connectivity index (χ2n) is 3.28. The Kier molecular flexibility index (Phi) is 3.02. The lowest BCUT2D eigenvalue weighted by atomic mass is 10.4. The van der Waals surface area contributed by atoms with E-state index >= 15 is 0 Å². The van der Waals surface area contributed by atoms with Gasteiger partial charge < -0.3 is 4.90 Å². The van der Waals surface area contributed by atoms with Gasteiger partial charge in [-0.05, 0) is 14.0 Å². The van der Waals surface area contributed by atoms with Crippen molar-refractivity contribution in [2.75, 3.05) is 39.8 Å². The summed E-state index contributed by atoms with van der Waals surface area (Å²) in [5.41, 5.74) is 0. The first-order valence-corrected chi connectivity index (χ1v) is 4.09. The van der Waals surface area contributed by atoms with Crippen LogP contribution in [-0.4, -0.2) is 55.4 Å². The van der Waals surface area contributed by atoms with Crippen molar-refractivity contribution in [3.05, 3.63) is 0 Å². The molecule has 11 heavy (non-hydrogen) atoms. The molecule has 0 saturated carbocycles. The van der Waals surface area contributed by atoms with Crippen LogP contribution >= 0.6 is 0 Å². The normalized spacial score (nSPS) is 22.0. The van der Waals surface area contributed by atoms with Crippen LogP contribution in [0.4, 0.5) is 0 Å². The van der Waals surface area contributed by atoms with E-state index in [2.05, 4.69) is 16.8 Å². The molecule has 1 aliphatic rings. The second-order valence-corrected chi connectivity index (χ2v) is 3.28. The maximum Gasteiger partial charge on any atom is 0.143 e. The Balaban J connectivity index is 2.22. The number of piperazine rings is 1. The third kappa shape index (κ3) is 2.99. The monoisotopic (exact) mass is 160 g/mol. The molecule has 0 aromatic rings. The molecule has 0 aliphatic carbocycles. The predicted octanol–water partition coefficient (Wildman–Crippen LogP) is -0.177. The lowest BCUT2D eigenvalue weighted by molar-refractivity contribution is -0.118. The highest BCUT2D eigenvalue weighted by atomic mass is 18.1. The zero-order chi connectivity index (χ0) is 8.27. The van der Waals surface area contributed by atoms with Crippen molar-refractivity contribution >= 4 is 5.78 Å². The molecule has 0 N–H and O–H groups in total. The van der Waals surface area contributed by atoms with E-state index < -0.39 is 0 Å². The number of hydrogen-bond acceptors (Lipinski definition) is 3. The highest BCUT2D eigenvalue weighted by Gasteiger charge is 2.13. The van der Waals surface area contributed by atoms with Gasteiger partial charge in [-0.3, -0.25) is 9.69 Å². The maximum atomic E-state index is 10.7. The van der Waals surface area contributed by atoms with Gasteiger partial charge in [0.15, 0.2) is 0 Å². The number of nitrogens with zero attached hydrogens (tertiary/aromatic N) is 2. The summed E-state index contributed by atoms with van der Waals surface area (Å²) in [7, 11) is 2.12. The first kappa shape index (κ1) is 8.68. The molecule has 3 nitrogen and oxygen atoms in total. The Morgan fingerprint density at radius 2 is 1.82 bits per heavy atom. The number of rotatable bonds is 2. The van der Waals surface area contributed by atoms with E-state index in [4.69, 9.17) is 0 Å². The topological polar surface area (TPSA) is 23.6 Å². The van der Waals surface area contributed by atoms with Crippen LogP contribution in [0.2, 0.25) is 0 Å². The average molecular weight is 160 g/mol. The van der Waals surface area contributed by atoms with Gasteiger partial charge in [-0.2, -0.15) is 0 Å². The van der Waals surface area contributed by atoms with E-state index in [0.29, 0.717) is 6.54 Å². The van der Waals surface area contributed by atoms with Gasteiger partial charge >= 0.3 is 0 Å². The quantitative estimate of drug-likeness (QED) is 0.413. The summed E-state index contributed by atoms with van der Waals surface area (Å²) < 4.78 is 0. The molecule has 0 amide bonds. The fraction of sp³-hybridized carbons (Fsp3) is 0.875. The van der Waals surface area contributed by atoms with Crippen LogP contribution in [0.15, 0.2) is 0 Å². The zero-order valence-electron chi connectivity index (χ0n) is 7.34. The molecule has 0 radical (unpaired) electrons. The number of ketones is 1. The van der Waals surface area contributed by atoms with Crippen molar-refractivity contribution in [1.82, 2.24) is 9.80 Å². The van der Waals surface area contributed by atoms with E-state index in [-0.39, 0.29) is 5.78 Å². The van der Waals surface area contributed by atoms with Crippen molar-refractivity contribution in [2.24, 2.45) is 0 Å². The van der Waals surface area contributed by atoms with Crippen molar-refractivity contribution in [3.63, 3.8) is 0 Å². The Morgan fingerprint density at radius 3 is 2.27 bits per heavy atom. The molecule has 1 aliphatic heterocycles. The van der Waals surface area contributed by atoms with Crippen molar-refractivity contribution < 1.29 is 4.79 Å². The molecule has 3 heteroatoms. The standard InChI is InChI=1S/C8H16N2O/c1-8(11)7-10-5-3-9(2)4-6-10/h3-7H2,1-2H3/i7+1,8+1,11+2. The average Bonchev–Trinajstić information content (AvgIpc) is 1.93. The molecule has 0 atom stereocenters. The van der Waals surface area contributed by atoms with Crippen LogP contribution in [-0.2, 0) is 4.79 Å². The molecule has 1 rings (SSSR count). The minimum absolute atomic E-state index is 0.273. The number of carbonyl (C=O) groups excluding carboxylic acids is 1. The molecular weight excluding hydrogens is 144 g/mol. The smallest absolute Gasteiger partial charge is 0.143 e. The van der Waals surface area contributed by atoms with E-state index in [1.165, 1.54) is 0 Å². The SMILES string of the molecule is C[13C](=[18O])[13CH2]N1CCN(C)CC1. The summed E-state index contributed by atoms with van der Waals surface area (Å²) in [4.78, 5) is 15.2. The van der Waals surface area contributed by atoms with Crippen molar-refractivity contribution in [1.29, 1.82) is 0 Å². The van der Waals surface area contributed by atoms with Crippen molar-refractivity contribution in [3.8, 4) is 0 Å². The molecule has 1 saturated heterocycles. The second kappa shape index (κ2) is 3.83. The van der Waals surface area contributed by atoms with Crippen LogP contribution in [0, 0.1) is 0 Å². The Hall–Kier alpha value is -0.410. The van der Waals surface area contributed by atoms with Crippen LogP contribution in [0.3, 0.4) is 0 Å². The fourth-order valence-electron chi connectivity index (χ4n) is 1.32. The Bertz CT molecular complexity index is 139. The molecule has 0 unspecified atom stereocenters. The van der Waals surface area contributed by atoms with Crippen LogP contribution in [0.5, 0.6) is 0 Å². The third-order valence-electron chi connectivity index (χ3n) is 2.04. The Labute approximate surface area is 68.0 Å². The minimum atomic E-state index is 0.273. The maximum absolute atomic E-state index is 10.7. The molecule has 0 aromatic heterocycles. The molecular formula is C8H16N2O. The van der Waals surface area contributed by atoms with E-state index in [1.54, 1.807) is 6.92 Å². The summed E-state index contributed by atoms with van der Waals surface area (Å²) in [6.45, 7) is 6.54. The van der Waals surface area contributed by atoms with Gasteiger partial charge in [-0.25, -0.2) is 0 Å². The number of hydrogen-bond donors (Lipinski definition) is 0. The lowest BCUT2D eigenvalue weighted by Crippen LogP contribution is -2.45. The molecule has 0 bridgehead atoms. The minimum Gasteiger partial charge on any atom is -0.304 e. The van der Waals surface area contributed by atoms with Gasteiger partial charge in [0.1, 0.15) is 5.78 Å². The predicted molar refractivity (Wildman–Crippen MR) is 44.6 cm³/mol. The molecule has 1 heterocycles. The summed E-state index contributed by atoms with van der Waals surface area (Å²) in [6.07, 6.45) is 0. The van der Waals surface area contributed by atoms with Gasteiger partial charge in [0.05, 0.1) is 6.54 Å². The summed E-state index contributed by atoms with van der Waals surface area (Å²) in [5, 5.41) is 0. The van der Waals surface area contributed by atoms with Gasteiger partial charge in [0.2, 0.25) is 0 Å². The summed E-state index contributed by atoms with van der Waals surface area (Å²) in [5.74, 6) is 0.273. The first-order valence-electron chi connectivity index (χ1n) is 4.09. The summed E-state index contributed by atoms with van der Waals surface area (Å²) in [6, 6.07) is 0. The van der Waals surface area contributed by atoms with Crippen LogP contribution < -0.4 is 0 Å². The number of likely N-dealkylation sites (N-methyl/N-ethyl adjacent to an activating group) is 1. The largest absolute Gasteiger partial charge is 0.304 e. The van der Waals surface area contributed by atoms with E-state index in [9.17, 15) is 4.79 Å². The Morgan fingerprint density at radius 1 is 1.27 bits per heavy atom. The highest BCUT2D eigenvalue weighted by molar-refractivity contribution is 5.77. The van der Waals surface area contributed by atoms with Gasteiger partial charge in [-0.15, -0.1) is 0 Å². The van der Waals surface area contributed by atoms with E-state index in [0.717, 1.165) is 26.2 Å². The summed E-state index contributed by atoms with van der Waals surface area (Å²) >= 11 is 0. The number of Topliss-reactive ketones (excluding diaryl/α,β-unsaturated/α-hetero) is 1. The molecule has 0 aromatic carbocycles. The number of carbonyl (C=O) groups is 1. The lowest BCUT2D eigenvalue weighted by Gasteiger charge is -2.31. The molecule has 64 valence electrons. The van der Waals surface area contributed by atoms with Crippen LogP contribution in [0.1, 0.15) is 6.92 Å². The van der Waals surface area contributed by atoms with Crippen molar-refractivity contribution in [2.45, 2.75) is 6.92 Å². The third-order valence-corrected chi connectivity index (χ3v) is 2.04. The van der Waals surface area contributed by atoms with Crippen LogP contribution in [0.25, 0.3) is 0 Å².